The lowest BCUT2D eigenvalue weighted by Crippen LogP contribution is -2.23. The molecule has 2 atom stereocenters. The molecule has 0 aliphatic carbocycles. The van der Waals surface area contributed by atoms with E-state index in [2.05, 4.69) is 10.5 Å². The van der Waals surface area contributed by atoms with E-state index in [1.165, 1.54) is 12.1 Å². The van der Waals surface area contributed by atoms with Crippen LogP contribution in [0.25, 0.3) is 11.1 Å². The summed E-state index contributed by atoms with van der Waals surface area (Å²) in [5.41, 5.74) is 14.0. The first kappa shape index (κ1) is 27.5. The molecule has 1 amide bonds. The highest BCUT2D eigenvalue weighted by Crippen LogP contribution is 2.54. The highest BCUT2D eigenvalue weighted by atomic mass is 19.1. The third-order valence-corrected chi connectivity index (χ3v) is 8.02. The van der Waals surface area contributed by atoms with Crippen molar-refractivity contribution in [2.75, 3.05) is 0 Å². The van der Waals surface area contributed by atoms with Crippen molar-refractivity contribution >= 4 is 11.7 Å². The first-order valence-electron chi connectivity index (χ1n) is 14.2. The van der Waals surface area contributed by atoms with Gasteiger partial charge in [0.15, 0.2) is 5.84 Å². The first-order valence-corrected chi connectivity index (χ1v) is 14.2. The number of amides is 1. The number of carbonyl (C=O) groups is 1. The number of halogens is 2. The van der Waals surface area contributed by atoms with Gasteiger partial charge in [-0.05, 0) is 69.3 Å². The fourth-order valence-electron chi connectivity index (χ4n) is 5.76. The molecule has 0 radical (unpaired) electrons. The summed E-state index contributed by atoms with van der Waals surface area (Å²) in [6, 6.07) is 31.9. The van der Waals surface area contributed by atoms with Gasteiger partial charge >= 0.3 is 0 Å². The van der Waals surface area contributed by atoms with E-state index in [1.54, 1.807) is 6.07 Å². The number of amidine groups is 1. The molecule has 3 N–H and O–H groups in total. The largest absolute Gasteiger partial charge is 0.389 e. The maximum Gasteiger partial charge on any atom is 0.251 e. The zero-order valence-electron chi connectivity index (χ0n) is 23.5. The molecule has 0 spiro atoms. The summed E-state index contributed by atoms with van der Waals surface area (Å²) < 4.78 is 34.2. The van der Waals surface area contributed by atoms with Gasteiger partial charge in [-0.15, -0.1) is 0 Å². The zero-order valence-corrected chi connectivity index (χ0v) is 23.5. The Kier molecular flexibility index (Phi) is 7.12. The van der Waals surface area contributed by atoms with Crippen LogP contribution in [0, 0.1) is 11.6 Å². The average molecular weight is 588 g/mol. The quantitative estimate of drug-likeness (QED) is 0.117. The van der Waals surface area contributed by atoms with Crippen molar-refractivity contribution < 1.29 is 23.1 Å². The van der Waals surface area contributed by atoms with E-state index < -0.39 is 11.6 Å². The lowest BCUT2D eigenvalue weighted by atomic mass is 9.83. The smallest absolute Gasteiger partial charge is 0.251 e. The number of benzene rings is 5. The van der Waals surface area contributed by atoms with Gasteiger partial charge in [0.2, 0.25) is 0 Å². The van der Waals surface area contributed by atoms with Gasteiger partial charge in [-0.1, -0.05) is 78.0 Å². The van der Waals surface area contributed by atoms with Crippen LogP contribution in [-0.4, -0.2) is 11.7 Å². The van der Waals surface area contributed by atoms with Crippen LogP contribution in [0.3, 0.4) is 0 Å². The van der Waals surface area contributed by atoms with Crippen LogP contribution in [0.15, 0.2) is 114 Å². The van der Waals surface area contributed by atoms with Crippen LogP contribution in [0.5, 0.6) is 0 Å². The maximum absolute atomic E-state index is 14.5. The van der Waals surface area contributed by atoms with Crippen molar-refractivity contribution in [3.8, 4) is 11.1 Å². The summed E-state index contributed by atoms with van der Waals surface area (Å²) in [7, 11) is 0. The van der Waals surface area contributed by atoms with Crippen molar-refractivity contribution in [2.45, 2.75) is 25.4 Å². The normalized spacial score (nSPS) is 16.4. The van der Waals surface area contributed by atoms with Gasteiger partial charge in [0.05, 0.1) is 0 Å². The molecule has 2 bridgehead atoms. The van der Waals surface area contributed by atoms with Crippen LogP contribution in [-0.2, 0) is 22.7 Å². The Bertz CT molecular complexity index is 1910. The van der Waals surface area contributed by atoms with Gasteiger partial charge in [-0.3, -0.25) is 4.79 Å². The second-order valence-electron chi connectivity index (χ2n) is 10.8. The second-order valence-corrected chi connectivity index (χ2v) is 10.8. The highest BCUT2D eigenvalue weighted by Gasteiger charge is 2.43. The van der Waals surface area contributed by atoms with E-state index in [0.29, 0.717) is 35.4 Å². The van der Waals surface area contributed by atoms with E-state index in [9.17, 15) is 13.6 Å². The van der Waals surface area contributed by atoms with Gasteiger partial charge in [0, 0.05) is 29.3 Å². The van der Waals surface area contributed by atoms with E-state index in [0.717, 1.165) is 39.4 Å². The number of fused-ring (bicyclic) bond motifs is 8. The monoisotopic (exact) mass is 587 g/mol. The molecule has 2 heterocycles. The summed E-state index contributed by atoms with van der Waals surface area (Å²) >= 11 is 0. The van der Waals surface area contributed by atoms with Crippen molar-refractivity contribution in [1.82, 2.24) is 5.32 Å². The minimum atomic E-state index is -0.619. The Labute approximate surface area is 252 Å². The predicted octanol–water partition coefficient (Wildman–Crippen LogP) is 6.92. The van der Waals surface area contributed by atoms with Crippen LogP contribution >= 0.6 is 0 Å². The van der Waals surface area contributed by atoms with Crippen LogP contribution in [0.1, 0.15) is 61.5 Å². The van der Waals surface area contributed by atoms with E-state index >= 15 is 0 Å². The standard InChI is InChI=1S/C36H27F2N3O3/c37-26-12-15-27(32(38)18-26)24-10-13-28-30(16-24)34-31-17-25(11-14-29(31)33(28)44-34)36(42)40-19-21-6-8-23(9-7-21)35(39)41-43-20-22-4-2-1-3-5-22/h1-18,33-34H,19-20H2,(H2,39,41)(H,40,42)/t33-,34+/m0/s1. The Morgan fingerprint density at radius 3 is 2.25 bits per heavy atom. The number of rotatable bonds is 8. The van der Waals surface area contributed by atoms with Crippen LogP contribution in [0.2, 0.25) is 0 Å². The van der Waals surface area contributed by atoms with E-state index in [1.807, 2.05) is 84.9 Å². The molecule has 2 aliphatic heterocycles. The van der Waals surface area contributed by atoms with Crippen LogP contribution < -0.4 is 11.1 Å². The van der Waals surface area contributed by atoms with Crippen molar-refractivity contribution in [2.24, 2.45) is 10.9 Å². The van der Waals surface area contributed by atoms with Crippen LogP contribution in [0.4, 0.5) is 8.78 Å². The molecule has 5 aromatic carbocycles. The minimum Gasteiger partial charge on any atom is -0.389 e. The molecule has 0 unspecified atom stereocenters. The fourth-order valence-corrected chi connectivity index (χ4v) is 5.76. The minimum absolute atomic E-state index is 0.211. The van der Waals surface area contributed by atoms with Gasteiger partial charge in [0.25, 0.3) is 5.91 Å². The molecule has 0 fully saturated rings. The SMILES string of the molecule is NC(=NOCc1ccccc1)c1ccc(CNC(=O)c2ccc3c(c2)[C@@H]2O[C@H]3c3ccc(-c4ccc(F)cc4F)cc32)cc1. The number of nitrogens with zero attached hydrogens (tertiary/aromatic N) is 1. The lowest BCUT2D eigenvalue weighted by molar-refractivity contribution is 0.0857. The Morgan fingerprint density at radius 2 is 1.48 bits per heavy atom. The molecular weight excluding hydrogens is 560 g/mol. The third kappa shape index (κ3) is 5.20. The summed E-state index contributed by atoms with van der Waals surface area (Å²) in [5, 5.41) is 6.98. The molecule has 2 aliphatic rings. The maximum atomic E-state index is 14.5. The van der Waals surface area contributed by atoms with Crippen molar-refractivity contribution in [3.63, 3.8) is 0 Å². The summed E-state index contributed by atoms with van der Waals surface area (Å²) in [4.78, 5) is 18.5. The molecule has 0 aromatic heterocycles. The molecule has 218 valence electrons. The second kappa shape index (κ2) is 11.4. The molecule has 0 saturated carbocycles. The fraction of sp³-hybridized carbons (Fsp3) is 0.111. The first-order chi connectivity index (χ1) is 21.4. The Balaban J connectivity index is 1.00. The molecule has 44 heavy (non-hydrogen) atoms. The Hall–Kier alpha value is -5.34. The average Bonchev–Trinajstić information content (AvgIpc) is 3.61. The number of ether oxygens (including phenoxy) is 1. The predicted molar refractivity (Wildman–Crippen MR) is 163 cm³/mol. The lowest BCUT2D eigenvalue weighted by Gasteiger charge is -2.18. The molecule has 5 aromatic rings. The summed E-state index contributed by atoms with van der Waals surface area (Å²) in [6.45, 7) is 0.654. The molecule has 6 nitrogen and oxygen atoms in total. The number of hydrogen-bond donors (Lipinski definition) is 2. The number of nitrogens with two attached hydrogens (primary N) is 1. The van der Waals surface area contributed by atoms with Gasteiger partial charge in [-0.2, -0.15) is 0 Å². The van der Waals surface area contributed by atoms with Gasteiger partial charge in [-0.25, -0.2) is 8.78 Å². The van der Waals surface area contributed by atoms with Crippen molar-refractivity contribution in [1.29, 1.82) is 0 Å². The number of nitrogens with one attached hydrogen (secondary N) is 1. The number of oxime groups is 1. The number of carbonyl (C=O) groups excluding carboxylic acids is 1. The molecule has 7 rings (SSSR count). The molecular formula is C36H27F2N3O3. The molecule has 8 heteroatoms. The van der Waals surface area contributed by atoms with Gasteiger partial charge in [0.1, 0.15) is 30.4 Å². The molecule has 0 saturated heterocycles. The Morgan fingerprint density at radius 1 is 0.773 bits per heavy atom. The van der Waals surface area contributed by atoms with E-state index in [4.69, 9.17) is 15.3 Å². The van der Waals surface area contributed by atoms with Gasteiger partial charge < -0.3 is 20.6 Å². The summed E-state index contributed by atoms with van der Waals surface area (Å²) in [6.07, 6.45) is -0.606. The zero-order chi connectivity index (χ0) is 30.2. The van der Waals surface area contributed by atoms with Crippen molar-refractivity contribution in [3.05, 3.63) is 165 Å². The third-order valence-electron chi connectivity index (χ3n) is 8.02. The highest BCUT2D eigenvalue weighted by molar-refractivity contribution is 5.97. The number of hydrogen-bond acceptors (Lipinski definition) is 4. The van der Waals surface area contributed by atoms with E-state index in [-0.39, 0.29) is 24.0 Å². The topological polar surface area (TPSA) is 85.9 Å². The summed E-state index contributed by atoms with van der Waals surface area (Å²) in [5.74, 6) is -1.18.